The Bertz CT molecular complexity index is 471. The van der Waals surface area contributed by atoms with E-state index in [1.807, 2.05) is 0 Å². The van der Waals surface area contributed by atoms with Crippen LogP contribution in [0.2, 0.25) is 0 Å². The van der Waals surface area contributed by atoms with Gasteiger partial charge in [0.2, 0.25) is 0 Å². The van der Waals surface area contributed by atoms with E-state index in [0.29, 0.717) is 5.56 Å². The fourth-order valence-corrected chi connectivity index (χ4v) is 2.50. The first kappa shape index (κ1) is 17.2. The van der Waals surface area contributed by atoms with E-state index in [0.717, 1.165) is 24.3 Å². The third-order valence-electron chi connectivity index (χ3n) is 2.10. The number of rotatable bonds is 4. The number of benzene rings is 1. The largest absolute Gasteiger partial charge is 0.416 e. The molecule has 0 amide bonds. The van der Waals surface area contributed by atoms with E-state index in [4.69, 9.17) is 5.73 Å². The number of sulfone groups is 1. The van der Waals surface area contributed by atoms with Crippen LogP contribution < -0.4 is 5.73 Å². The van der Waals surface area contributed by atoms with Gasteiger partial charge in [-0.2, -0.15) is 13.2 Å². The first-order chi connectivity index (χ1) is 7.74. The van der Waals surface area contributed by atoms with Gasteiger partial charge in [0, 0.05) is 6.54 Å². The topological polar surface area (TPSA) is 60.2 Å². The minimum Gasteiger partial charge on any atom is -0.329 e. The zero-order valence-electron chi connectivity index (χ0n) is 9.27. The minimum absolute atomic E-state index is 0. The third-order valence-corrected chi connectivity index (χ3v) is 3.73. The van der Waals surface area contributed by atoms with Crippen molar-refractivity contribution in [2.75, 3.05) is 12.3 Å². The van der Waals surface area contributed by atoms with Crippen LogP contribution in [-0.2, 0) is 21.8 Å². The second kappa shape index (κ2) is 6.40. The monoisotopic (exact) mass is 303 g/mol. The minimum atomic E-state index is -4.41. The molecule has 104 valence electrons. The molecule has 0 saturated heterocycles. The van der Waals surface area contributed by atoms with Gasteiger partial charge in [-0.15, -0.1) is 12.4 Å². The van der Waals surface area contributed by atoms with E-state index in [1.165, 1.54) is 0 Å². The highest BCUT2D eigenvalue weighted by Crippen LogP contribution is 2.29. The summed E-state index contributed by atoms with van der Waals surface area (Å²) in [6, 6.07) is 4.06. The highest BCUT2D eigenvalue weighted by atomic mass is 35.5. The summed E-state index contributed by atoms with van der Waals surface area (Å²) >= 11 is 0. The fraction of sp³-hybridized carbons (Fsp3) is 0.400. The van der Waals surface area contributed by atoms with E-state index in [1.54, 1.807) is 0 Å². The molecule has 0 unspecified atom stereocenters. The zero-order valence-corrected chi connectivity index (χ0v) is 10.9. The summed E-state index contributed by atoms with van der Waals surface area (Å²) in [5, 5.41) is 0. The third kappa shape index (κ3) is 5.24. The highest BCUT2D eigenvalue weighted by Gasteiger charge is 2.30. The van der Waals surface area contributed by atoms with Crippen LogP contribution in [-0.4, -0.2) is 20.7 Å². The second-order valence-corrected chi connectivity index (χ2v) is 5.76. The predicted octanol–water partition coefficient (Wildman–Crippen LogP) is 2.00. The van der Waals surface area contributed by atoms with Gasteiger partial charge in [-0.3, -0.25) is 0 Å². The van der Waals surface area contributed by atoms with E-state index in [2.05, 4.69) is 0 Å². The quantitative estimate of drug-likeness (QED) is 0.925. The van der Waals surface area contributed by atoms with Crippen LogP contribution in [0.5, 0.6) is 0 Å². The number of hydrogen-bond acceptors (Lipinski definition) is 3. The summed E-state index contributed by atoms with van der Waals surface area (Å²) < 4.78 is 59.5. The Morgan fingerprint density at radius 3 is 2.00 bits per heavy atom. The number of hydrogen-bond donors (Lipinski definition) is 1. The van der Waals surface area contributed by atoms with Crippen molar-refractivity contribution in [2.24, 2.45) is 5.73 Å². The van der Waals surface area contributed by atoms with Crippen molar-refractivity contribution in [1.82, 2.24) is 0 Å². The molecule has 0 aliphatic rings. The van der Waals surface area contributed by atoms with E-state index >= 15 is 0 Å². The lowest BCUT2D eigenvalue weighted by Gasteiger charge is -2.07. The van der Waals surface area contributed by atoms with Crippen molar-refractivity contribution in [3.8, 4) is 0 Å². The molecule has 0 atom stereocenters. The van der Waals surface area contributed by atoms with Gasteiger partial charge in [-0.05, 0) is 17.7 Å². The van der Waals surface area contributed by atoms with Crippen LogP contribution in [0.1, 0.15) is 11.1 Å². The van der Waals surface area contributed by atoms with E-state index in [-0.39, 0.29) is 30.5 Å². The van der Waals surface area contributed by atoms with Gasteiger partial charge in [-0.1, -0.05) is 12.1 Å². The molecule has 0 spiro atoms. The smallest absolute Gasteiger partial charge is 0.329 e. The molecule has 0 aromatic heterocycles. The first-order valence-electron chi connectivity index (χ1n) is 4.81. The maximum Gasteiger partial charge on any atom is 0.416 e. The molecule has 0 heterocycles. The summed E-state index contributed by atoms with van der Waals surface area (Å²) in [7, 11) is -3.34. The molecule has 3 nitrogen and oxygen atoms in total. The lowest BCUT2D eigenvalue weighted by atomic mass is 10.1. The van der Waals surface area contributed by atoms with Crippen molar-refractivity contribution in [2.45, 2.75) is 11.9 Å². The van der Waals surface area contributed by atoms with Gasteiger partial charge < -0.3 is 5.73 Å². The highest BCUT2D eigenvalue weighted by molar-refractivity contribution is 7.90. The summed E-state index contributed by atoms with van der Waals surface area (Å²) in [6.07, 6.45) is -4.41. The van der Waals surface area contributed by atoms with Gasteiger partial charge in [-0.25, -0.2) is 8.42 Å². The van der Waals surface area contributed by atoms with Crippen molar-refractivity contribution >= 4 is 22.2 Å². The zero-order chi connectivity index (χ0) is 13.1. The Labute approximate surface area is 110 Å². The Balaban J connectivity index is 0.00000289. The molecule has 0 radical (unpaired) electrons. The first-order valence-corrected chi connectivity index (χ1v) is 6.63. The van der Waals surface area contributed by atoms with Crippen molar-refractivity contribution in [1.29, 1.82) is 0 Å². The lowest BCUT2D eigenvalue weighted by molar-refractivity contribution is -0.137. The second-order valence-electron chi connectivity index (χ2n) is 3.58. The molecule has 1 aromatic rings. The molecule has 0 saturated carbocycles. The van der Waals surface area contributed by atoms with Gasteiger partial charge >= 0.3 is 6.18 Å². The Morgan fingerprint density at radius 1 is 1.11 bits per heavy atom. The van der Waals surface area contributed by atoms with Crippen LogP contribution in [0, 0.1) is 0 Å². The number of nitrogens with two attached hydrogens (primary N) is 1. The molecule has 1 aromatic carbocycles. The van der Waals surface area contributed by atoms with Crippen molar-refractivity contribution in [3.05, 3.63) is 35.4 Å². The number of halogens is 4. The summed E-state index contributed by atoms with van der Waals surface area (Å²) in [4.78, 5) is 0. The SMILES string of the molecule is Cl.NCCS(=O)(=O)Cc1ccc(C(F)(F)F)cc1. The Morgan fingerprint density at radius 2 is 1.61 bits per heavy atom. The lowest BCUT2D eigenvalue weighted by Crippen LogP contribution is -2.17. The molecule has 2 N–H and O–H groups in total. The maximum absolute atomic E-state index is 12.2. The maximum atomic E-state index is 12.2. The van der Waals surface area contributed by atoms with Crippen LogP contribution in [0.15, 0.2) is 24.3 Å². The molecular formula is C10H13ClF3NO2S. The van der Waals surface area contributed by atoms with Crippen LogP contribution in [0.25, 0.3) is 0 Å². The van der Waals surface area contributed by atoms with Crippen LogP contribution >= 0.6 is 12.4 Å². The fourth-order valence-electron chi connectivity index (χ4n) is 1.30. The van der Waals surface area contributed by atoms with Crippen LogP contribution in [0.3, 0.4) is 0 Å². The molecule has 0 bridgehead atoms. The predicted molar refractivity (Wildman–Crippen MR) is 65.2 cm³/mol. The molecule has 0 fully saturated rings. The van der Waals surface area contributed by atoms with Crippen LogP contribution in [0.4, 0.5) is 13.2 Å². The molecule has 0 aliphatic heterocycles. The Hall–Kier alpha value is -0.790. The van der Waals surface area contributed by atoms with Gasteiger partial charge in [0.05, 0.1) is 17.1 Å². The average molecular weight is 304 g/mol. The normalized spacial score (nSPS) is 12.0. The summed E-state index contributed by atoms with van der Waals surface area (Å²) in [5.41, 5.74) is 4.65. The molecular weight excluding hydrogens is 291 g/mol. The summed E-state index contributed by atoms with van der Waals surface area (Å²) in [5.74, 6) is -0.462. The molecule has 8 heteroatoms. The van der Waals surface area contributed by atoms with Gasteiger partial charge in [0.1, 0.15) is 0 Å². The summed E-state index contributed by atoms with van der Waals surface area (Å²) in [6.45, 7) is 0.00294. The van der Waals surface area contributed by atoms with Crippen molar-refractivity contribution in [3.63, 3.8) is 0 Å². The molecule has 0 aliphatic carbocycles. The van der Waals surface area contributed by atoms with Gasteiger partial charge in [0.25, 0.3) is 0 Å². The standard InChI is InChI=1S/C10H12F3NO2S.ClH/c11-10(12,13)9-3-1-8(2-4-9)7-17(15,16)6-5-14;/h1-4H,5-7,14H2;1H. The van der Waals surface area contributed by atoms with Crippen molar-refractivity contribution < 1.29 is 21.6 Å². The van der Waals surface area contributed by atoms with E-state index in [9.17, 15) is 21.6 Å². The van der Waals surface area contributed by atoms with Gasteiger partial charge in [0.15, 0.2) is 9.84 Å². The molecule has 1 rings (SSSR count). The van der Waals surface area contributed by atoms with E-state index < -0.39 is 21.6 Å². The Kier molecular flexibility index (Phi) is 6.12. The number of alkyl halides is 3. The molecule has 18 heavy (non-hydrogen) atoms. The average Bonchev–Trinajstić information content (AvgIpc) is 2.16.